The van der Waals surface area contributed by atoms with Gasteiger partial charge in [-0.1, -0.05) is 27.7 Å². The lowest BCUT2D eigenvalue weighted by Crippen LogP contribution is -2.07. The summed E-state index contributed by atoms with van der Waals surface area (Å²) in [5.74, 6) is 0.290. The molecule has 1 aromatic heterocycles. The average molecular weight is 504 g/mol. The summed E-state index contributed by atoms with van der Waals surface area (Å²) >= 11 is 4.49. The van der Waals surface area contributed by atoms with Crippen LogP contribution in [-0.2, 0) is 11.3 Å². The fourth-order valence-electron chi connectivity index (χ4n) is 2.85. The van der Waals surface area contributed by atoms with E-state index in [0.29, 0.717) is 27.7 Å². The highest BCUT2D eigenvalue weighted by atomic mass is 79.9. The fourth-order valence-corrected chi connectivity index (χ4v) is 4.20. The molecule has 0 bridgehead atoms. The highest BCUT2D eigenvalue weighted by Gasteiger charge is 2.19. The molecule has 0 saturated heterocycles. The van der Waals surface area contributed by atoms with E-state index in [4.69, 9.17) is 0 Å². The maximum atomic E-state index is 12.7. The molecule has 0 saturated carbocycles. The number of carbonyl (C=O) groups excluding carboxylic acids is 2. The molecule has 3 rings (SSSR count). The maximum Gasteiger partial charge on any atom is 0.270 e. The SMILES string of the molecule is CCn1c(SCC(=O)c2cc([N+](=O)[O-])ccc2Br)nnc1-c1ccc(NC(C)=O)cc1. The van der Waals surface area contributed by atoms with Crippen LogP contribution in [0.2, 0.25) is 0 Å². The van der Waals surface area contributed by atoms with Gasteiger partial charge in [-0.05, 0) is 37.3 Å². The number of hydrogen-bond donors (Lipinski definition) is 1. The molecular formula is C20H18BrN5O4S. The van der Waals surface area contributed by atoms with E-state index in [-0.39, 0.29) is 28.7 Å². The highest BCUT2D eigenvalue weighted by Crippen LogP contribution is 2.28. The fraction of sp³-hybridized carbons (Fsp3) is 0.200. The van der Waals surface area contributed by atoms with Crippen LogP contribution in [0.4, 0.5) is 11.4 Å². The van der Waals surface area contributed by atoms with Crippen LogP contribution < -0.4 is 5.32 Å². The lowest BCUT2D eigenvalue weighted by molar-refractivity contribution is -0.384. The van der Waals surface area contributed by atoms with Crippen molar-refractivity contribution in [2.45, 2.75) is 25.5 Å². The minimum absolute atomic E-state index is 0.0549. The third kappa shape index (κ3) is 5.36. The van der Waals surface area contributed by atoms with Crippen molar-refractivity contribution in [3.05, 3.63) is 62.6 Å². The van der Waals surface area contributed by atoms with Crippen molar-refractivity contribution >= 4 is 50.8 Å². The van der Waals surface area contributed by atoms with Crippen LogP contribution in [0, 0.1) is 10.1 Å². The number of Topliss-reactive ketones (excluding diaryl/α,β-unsaturated/α-hetero) is 1. The van der Waals surface area contributed by atoms with Crippen LogP contribution in [0.15, 0.2) is 52.1 Å². The number of carbonyl (C=O) groups is 2. The maximum absolute atomic E-state index is 12.7. The van der Waals surface area contributed by atoms with Crippen molar-refractivity contribution < 1.29 is 14.5 Å². The summed E-state index contributed by atoms with van der Waals surface area (Å²) in [5, 5.41) is 22.7. The standard InChI is InChI=1S/C20H18BrN5O4S/c1-3-25-19(13-4-6-14(7-5-13)22-12(2)27)23-24-20(25)31-11-18(28)16-10-15(26(29)30)8-9-17(16)21/h4-10H,3,11H2,1-2H3,(H,22,27). The molecule has 1 heterocycles. The first-order valence-corrected chi connectivity index (χ1v) is 11.0. The number of halogens is 1. The Hall–Kier alpha value is -3.05. The van der Waals surface area contributed by atoms with E-state index < -0.39 is 4.92 Å². The zero-order chi connectivity index (χ0) is 22.5. The van der Waals surface area contributed by atoms with Gasteiger partial charge in [0.1, 0.15) is 0 Å². The molecule has 0 atom stereocenters. The monoisotopic (exact) mass is 503 g/mol. The van der Waals surface area contributed by atoms with E-state index >= 15 is 0 Å². The quantitative estimate of drug-likeness (QED) is 0.207. The second kappa shape index (κ2) is 9.84. The Morgan fingerprint density at radius 2 is 1.90 bits per heavy atom. The van der Waals surface area contributed by atoms with Crippen LogP contribution in [0.3, 0.4) is 0 Å². The van der Waals surface area contributed by atoms with Crippen LogP contribution in [0.5, 0.6) is 0 Å². The van der Waals surface area contributed by atoms with E-state index in [1.54, 1.807) is 12.1 Å². The number of thioether (sulfide) groups is 1. The van der Waals surface area contributed by atoms with Gasteiger partial charge < -0.3 is 9.88 Å². The molecule has 3 aromatic rings. The Bertz CT molecular complexity index is 1150. The molecule has 0 fully saturated rings. The van der Waals surface area contributed by atoms with E-state index in [9.17, 15) is 19.7 Å². The molecule has 1 N–H and O–H groups in total. The zero-order valence-corrected chi connectivity index (χ0v) is 19.1. The normalized spacial score (nSPS) is 10.7. The number of nitrogens with zero attached hydrogens (tertiary/aromatic N) is 4. The number of ketones is 1. The molecule has 0 radical (unpaired) electrons. The second-order valence-electron chi connectivity index (χ2n) is 6.44. The average Bonchev–Trinajstić information content (AvgIpc) is 3.15. The molecule has 9 nitrogen and oxygen atoms in total. The van der Waals surface area contributed by atoms with Gasteiger partial charge in [-0.3, -0.25) is 19.7 Å². The number of amides is 1. The predicted octanol–water partition coefficient (Wildman–Crippen LogP) is 4.57. The number of non-ortho nitro benzene ring substituents is 1. The molecular weight excluding hydrogens is 486 g/mol. The smallest absolute Gasteiger partial charge is 0.270 e. The summed E-state index contributed by atoms with van der Waals surface area (Å²) in [6, 6.07) is 11.3. The van der Waals surface area contributed by atoms with Gasteiger partial charge >= 0.3 is 0 Å². The van der Waals surface area contributed by atoms with E-state index in [1.165, 1.54) is 36.9 Å². The van der Waals surface area contributed by atoms with Crippen molar-refractivity contribution in [3.8, 4) is 11.4 Å². The van der Waals surface area contributed by atoms with Crippen LogP contribution in [0.25, 0.3) is 11.4 Å². The van der Waals surface area contributed by atoms with Gasteiger partial charge in [-0.25, -0.2) is 0 Å². The highest BCUT2D eigenvalue weighted by molar-refractivity contribution is 9.10. The Labute approximate surface area is 190 Å². The molecule has 0 unspecified atom stereocenters. The molecule has 1 amide bonds. The van der Waals surface area contributed by atoms with Gasteiger partial charge in [0.05, 0.1) is 10.7 Å². The molecule has 11 heteroatoms. The number of nitrogens with one attached hydrogen (secondary N) is 1. The van der Waals surface area contributed by atoms with Crippen molar-refractivity contribution in [1.29, 1.82) is 0 Å². The Kier molecular flexibility index (Phi) is 7.18. The number of nitro groups is 1. The van der Waals surface area contributed by atoms with Crippen LogP contribution in [-0.4, -0.2) is 37.1 Å². The minimum atomic E-state index is -0.534. The van der Waals surface area contributed by atoms with Gasteiger partial charge in [0, 0.05) is 46.9 Å². The van der Waals surface area contributed by atoms with Gasteiger partial charge in [0.25, 0.3) is 5.69 Å². The summed E-state index contributed by atoms with van der Waals surface area (Å²) in [6.07, 6.45) is 0. The number of aromatic nitrogens is 3. The van der Waals surface area contributed by atoms with Gasteiger partial charge in [0.15, 0.2) is 16.8 Å². The number of benzene rings is 2. The molecule has 2 aromatic carbocycles. The molecule has 0 aliphatic carbocycles. The third-order valence-electron chi connectivity index (χ3n) is 4.29. The molecule has 0 spiro atoms. The van der Waals surface area contributed by atoms with Crippen molar-refractivity contribution in [3.63, 3.8) is 0 Å². The number of hydrogen-bond acceptors (Lipinski definition) is 7. The summed E-state index contributed by atoms with van der Waals surface area (Å²) in [5.41, 5.74) is 1.61. The van der Waals surface area contributed by atoms with Gasteiger partial charge in [0.2, 0.25) is 5.91 Å². The summed E-state index contributed by atoms with van der Waals surface area (Å²) in [4.78, 5) is 34.3. The summed E-state index contributed by atoms with van der Waals surface area (Å²) in [7, 11) is 0. The van der Waals surface area contributed by atoms with Crippen molar-refractivity contribution in [2.24, 2.45) is 0 Å². The van der Waals surface area contributed by atoms with Crippen LogP contribution in [0.1, 0.15) is 24.2 Å². The molecule has 31 heavy (non-hydrogen) atoms. The largest absolute Gasteiger partial charge is 0.326 e. The number of nitro benzene ring substituents is 1. The van der Waals surface area contributed by atoms with Gasteiger partial charge in [-0.15, -0.1) is 10.2 Å². The second-order valence-corrected chi connectivity index (χ2v) is 8.24. The number of anilines is 1. The lowest BCUT2D eigenvalue weighted by Gasteiger charge is -2.08. The zero-order valence-electron chi connectivity index (χ0n) is 16.7. The first-order valence-electron chi connectivity index (χ1n) is 9.21. The molecule has 0 aliphatic heterocycles. The van der Waals surface area contributed by atoms with Crippen LogP contribution >= 0.6 is 27.7 Å². The summed E-state index contributed by atoms with van der Waals surface area (Å²) < 4.78 is 2.38. The molecule has 160 valence electrons. The Morgan fingerprint density at radius 1 is 1.19 bits per heavy atom. The van der Waals surface area contributed by atoms with Crippen molar-refractivity contribution in [2.75, 3.05) is 11.1 Å². The van der Waals surface area contributed by atoms with E-state index in [2.05, 4.69) is 31.4 Å². The first kappa shape index (κ1) is 22.6. The lowest BCUT2D eigenvalue weighted by atomic mass is 10.1. The Balaban J connectivity index is 1.77. The predicted molar refractivity (Wildman–Crippen MR) is 121 cm³/mol. The molecule has 0 aliphatic rings. The number of rotatable bonds is 8. The first-order chi connectivity index (χ1) is 14.8. The minimum Gasteiger partial charge on any atom is -0.326 e. The van der Waals surface area contributed by atoms with E-state index in [1.807, 2.05) is 23.6 Å². The summed E-state index contributed by atoms with van der Waals surface area (Å²) in [6.45, 7) is 3.98. The van der Waals surface area contributed by atoms with E-state index in [0.717, 1.165) is 5.56 Å². The van der Waals surface area contributed by atoms with Crippen molar-refractivity contribution in [1.82, 2.24) is 14.8 Å². The topological polar surface area (TPSA) is 120 Å². The van der Waals surface area contributed by atoms with Gasteiger partial charge in [-0.2, -0.15) is 0 Å². The Morgan fingerprint density at radius 3 is 2.52 bits per heavy atom. The third-order valence-corrected chi connectivity index (χ3v) is 5.95.